The molecule has 2 aliphatic rings. The van der Waals surface area contributed by atoms with E-state index in [2.05, 4.69) is 4.57 Å². The average molecular weight is 530 g/mol. The Kier molecular flexibility index (Phi) is 6.59. The van der Waals surface area contributed by atoms with Gasteiger partial charge in [-0.25, -0.2) is 4.79 Å². The van der Waals surface area contributed by atoms with Crippen LogP contribution in [0.15, 0.2) is 60.7 Å². The molecule has 4 aromatic rings. The Balaban J connectivity index is 1.66. The van der Waals surface area contributed by atoms with Crippen LogP contribution >= 0.6 is 0 Å². The minimum Gasteiger partial charge on any atom is -0.497 e. The van der Waals surface area contributed by atoms with Crippen molar-refractivity contribution in [2.75, 3.05) is 7.11 Å². The molecule has 1 aromatic heterocycles. The van der Waals surface area contributed by atoms with Crippen LogP contribution in [0.1, 0.15) is 65.1 Å². The zero-order valence-corrected chi connectivity index (χ0v) is 21.6. The third-order valence-corrected chi connectivity index (χ3v) is 7.99. The van der Waals surface area contributed by atoms with Crippen molar-refractivity contribution in [3.05, 3.63) is 82.9 Å². The van der Waals surface area contributed by atoms with E-state index in [-0.39, 0.29) is 11.3 Å². The molecular weight excluding hydrogens is 500 g/mol. The van der Waals surface area contributed by atoms with Crippen LogP contribution < -0.4 is 9.47 Å². The predicted molar refractivity (Wildman–Crippen MR) is 148 cm³/mol. The van der Waals surface area contributed by atoms with Gasteiger partial charge in [-0.1, -0.05) is 43.5 Å². The van der Waals surface area contributed by atoms with Crippen molar-refractivity contribution in [1.82, 2.24) is 4.57 Å². The maximum atomic E-state index is 13.3. The summed E-state index contributed by atoms with van der Waals surface area (Å²) < 4.78 is 39.3. The number of carboxylic acids is 1. The molecule has 7 heteroatoms. The van der Waals surface area contributed by atoms with Gasteiger partial charge in [-0.3, -0.25) is 0 Å². The molecule has 0 amide bonds. The summed E-state index contributed by atoms with van der Waals surface area (Å²) in [5, 5.41) is 10.8. The van der Waals surface area contributed by atoms with E-state index < -0.39 is 12.6 Å². The monoisotopic (exact) mass is 529 g/mol. The number of nitrogens with zero attached hydrogens (tertiary/aromatic N) is 1. The third-order valence-electron chi connectivity index (χ3n) is 7.99. The number of fused-ring (bicyclic) bond motifs is 5. The van der Waals surface area contributed by atoms with Crippen molar-refractivity contribution in [3.8, 4) is 22.8 Å². The van der Waals surface area contributed by atoms with Crippen molar-refractivity contribution in [2.45, 2.75) is 51.2 Å². The molecule has 1 aliphatic heterocycles. The van der Waals surface area contributed by atoms with Gasteiger partial charge in [-0.2, -0.15) is 8.78 Å². The van der Waals surface area contributed by atoms with Gasteiger partial charge in [0.1, 0.15) is 11.5 Å². The molecule has 1 N–H and O–H groups in total. The molecule has 0 atom stereocenters. The number of halogens is 2. The zero-order valence-electron chi connectivity index (χ0n) is 21.6. The van der Waals surface area contributed by atoms with E-state index in [0.717, 1.165) is 59.0 Å². The Labute approximate surface area is 225 Å². The molecule has 2 heterocycles. The number of para-hydroxylation sites is 1. The second-order valence-corrected chi connectivity index (χ2v) is 10.2. The van der Waals surface area contributed by atoms with E-state index in [0.29, 0.717) is 23.8 Å². The topological polar surface area (TPSA) is 60.7 Å². The molecule has 200 valence electrons. The Bertz CT molecular complexity index is 1600. The minimum absolute atomic E-state index is 0.0989. The van der Waals surface area contributed by atoms with Gasteiger partial charge >= 0.3 is 12.6 Å². The van der Waals surface area contributed by atoms with Crippen molar-refractivity contribution in [3.63, 3.8) is 0 Å². The predicted octanol–water partition coefficient (Wildman–Crippen LogP) is 8.22. The molecule has 3 aromatic carbocycles. The number of hydrogen-bond acceptors (Lipinski definition) is 3. The highest BCUT2D eigenvalue weighted by Crippen LogP contribution is 2.48. The number of carbonyl (C=O) groups is 1. The van der Waals surface area contributed by atoms with E-state index in [9.17, 15) is 18.7 Å². The average Bonchev–Trinajstić information content (AvgIpc) is 3.16. The van der Waals surface area contributed by atoms with E-state index in [4.69, 9.17) is 9.47 Å². The summed E-state index contributed by atoms with van der Waals surface area (Å²) in [4.78, 5) is 12.0. The molecule has 1 saturated carbocycles. The molecule has 5 nitrogen and oxygen atoms in total. The number of carboxylic acid groups (broad SMARTS) is 1. The summed E-state index contributed by atoms with van der Waals surface area (Å²) in [5.74, 6) is 0.149. The number of methoxy groups -OCH3 is 1. The fourth-order valence-corrected chi connectivity index (χ4v) is 6.27. The summed E-state index contributed by atoms with van der Waals surface area (Å²) in [6.07, 6.45) is 7.68. The quantitative estimate of drug-likeness (QED) is 0.273. The Morgan fingerprint density at radius 3 is 2.54 bits per heavy atom. The van der Waals surface area contributed by atoms with E-state index >= 15 is 0 Å². The minimum atomic E-state index is -2.95. The third kappa shape index (κ3) is 4.56. The first-order valence-corrected chi connectivity index (χ1v) is 13.3. The van der Waals surface area contributed by atoms with Gasteiger partial charge in [0, 0.05) is 28.6 Å². The highest BCUT2D eigenvalue weighted by Gasteiger charge is 2.30. The van der Waals surface area contributed by atoms with Crippen molar-refractivity contribution >= 4 is 28.5 Å². The normalized spacial score (nSPS) is 15.4. The van der Waals surface area contributed by atoms with Gasteiger partial charge < -0.3 is 19.1 Å². The van der Waals surface area contributed by atoms with Crippen molar-refractivity contribution in [2.24, 2.45) is 0 Å². The molecule has 39 heavy (non-hydrogen) atoms. The summed E-state index contributed by atoms with van der Waals surface area (Å²) >= 11 is 0. The molecule has 1 aliphatic carbocycles. The first-order chi connectivity index (χ1) is 18.9. The Hall–Kier alpha value is -4.13. The lowest BCUT2D eigenvalue weighted by atomic mass is 9.81. The zero-order chi connectivity index (χ0) is 27.1. The first kappa shape index (κ1) is 25.2. The number of ether oxygens (including phenoxy) is 2. The lowest BCUT2D eigenvalue weighted by Gasteiger charge is -2.24. The molecule has 0 saturated heterocycles. The van der Waals surface area contributed by atoms with Crippen LogP contribution in [-0.4, -0.2) is 29.4 Å². The van der Waals surface area contributed by atoms with E-state index in [1.807, 2.05) is 30.3 Å². The van der Waals surface area contributed by atoms with Gasteiger partial charge in [-0.15, -0.1) is 0 Å². The number of alkyl halides is 2. The van der Waals surface area contributed by atoms with Crippen molar-refractivity contribution < 1.29 is 28.2 Å². The maximum absolute atomic E-state index is 13.3. The van der Waals surface area contributed by atoms with Gasteiger partial charge in [0.2, 0.25) is 0 Å². The highest BCUT2D eigenvalue weighted by atomic mass is 19.3. The number of hydrogen-bond donors (Lipinski definition) is 1. The summed E-state index contributed by atoms with van der Waals surface area (Å²) in [7, 11) is 1.62. The number of aromatic carboxylic acids is 1. The maximum Gasteiger partial charge on any atom is 0.387 e. The van der Waals surface area contributed by atoms with Gasteiger partial charge in [0.25, 0.3) is 0 Å². The number of allylic oxidation sites excluding steroid dienone is 1. The second kappa shape index (κ2) is 10.2. The van der Waals surface area contributed by atoms with E-state index in [1.54, 1.807) is 43.5 Å². The van der Waals surface area contributed by atoms with Crippen LogP contribution in [0.25, 0.3) is 33.8 Å². The molecule has 0 spiro atoms. The molecule has 0 radical (unpaired) electrons. The lowest BCUT2D eigenvalue weighted by Crippen LogP contribution is -2.08. The highest BCUT2D eigenvalue weighted by molar-refractivity contribution is 6.01. The Morgan fingerprint density at radius 2 is 1.79 bits per heavy atom. The van der Waals surface area contributed by atoms with Crippen LogP contribution in [0, 0.1) is 0 Å². The van der Waals surface area contributed by atoms with Crippen LogP contribution in [0.5, 0.6) is 11.5 Å². The molecule has 1 fully saturated rings. The fraction of sp³-hybridized carbons (Fsp3) is 0.281. The number of rotatable bonds is 6. The summed E-state index contributed by atoms with van der Waals surface area (Å²) in [6.45, 7) is -2.59. The van der Waals surface area contributed by atoms with Gasteiger partial charge in [0.15, 0.2) is 0 Å². The van der Waals surface area contributed by atoms with Crippen LogP contribution in [0.3, 0.4) is 0 Å². The van der Waals surface area contributed by atoms with Gasteiger partial charge in [0.05, 0.1) is 18.4 Å². The Morgan fingerprint density at radius 1 is 1.00 bits per heavy atom. The SMILES string of the molecule is COc1ccc2c(c1)C=C(c1ccccc1OC(F)F)Cn1c-2c(C2CCCCC2)c2ccc(C(=O)O)cc21. The molecule has 0 bridgehead atoms. The number of aromatic nitrogens is 1. The summed E-state index contributed by atoms with van der Waals surface area (Å²) in [6, 6.07) is 18.1. The largest absolute Gasteiger partial charge is 0.497 e. The summed E-state index contributed by atoms with van der Waals surface area (Å²) in [5.41, 5.74) is 6.59. The van der Waals surface area contributed by atoms with Crippen molar-refractivity contribution in [1.29, 1.82) is 0 Å². The number of benzene rings is 3. The van der Waals surface area contributed by atoms with Crippen LogP contribution in [0.4, 0.5) is 8.78 Å². The fourth-order valence-electron chi connectivity index (χ4n) is 6.27. The van der Waals surface area contributed by atoms with E-state index in [1.165, 1.54) is 12.0 Å². The van der Waals surface area contributed by atoms with Crippen LogP contribution in [-0.2, 0) is 6.54 Å². The second-order valence-electron chi connectivity index (χ2n) is 10.2. The lowest BCUT2D eigenvalue weighted by molar-refractivity contribution is -0.0500. The molecule has 6 rings (SSSR count). The molecular formula is C32H29F2NO4. The van der Waals surface area contributed by atoms with Crippen LogP contribution in [0.2, 0.25) is 0 Å². The van der Waals surface area contributed by atoms with Gasteiger partial charge in [-0.05, 0) is 77.9 Å². The smallest absolute Gasteiger partial charge is 0.387 e. The first-order valence-electron chi connectivity index (χ1n) is 13.3. The standard InChI is InChI=1S/C32H29F2NO4/c1-38-23-12-14-25-21(16-23)15-22(24-9-5-6-10-28(24)39-32(33)34)18-35-27-17-20(31(36)37)11-13-26(27)29(30(25)35)19-7-3-2-4-8-19/h5-6,9-17,19,32H,2-4,7-8,18H2,1H3,(H,36,37). The molecule has 0 unspecified atom stereocenters.